The van der Waals surface area contributed by atoms with Gasteiger partial charge in [0, 0.05) is 12.1 Å². The zero-order chi connectivity index (χ0) is 13.4. The summed E-state index contributed by atoms with van der Waals surface area (Å²) >= 11 is 0. The lowest BCUT2D eigenvalue weighted by Gasteiger charge is -2.04. The van der Waals surface area contributed by atoms with Crippen LogP contribution in [0.2, 0.25) is 0 Å². The number of aromatic nitrogens is 1. The van der Waals surface area contributed by atoms with E-state index < -0.39 is 5.56 Å². The maximum absolute atomic E-state index is 11.9. The Morgan fingerprint density at radius 3 is 2.63 bits per heavy atom. The van der Waals surface area contributed by atoms with Gasteiger partial charge in [-0.3, -0.25) is 14.6 Å². The van der Waals surface area contributed by atoms with Crippen molar-refractivity contribution in [3.05, 3.63) is 63.0 Å². The normalized spacial score (nSPS) is 10.7. The average Bonchev–Trinajstić information content (AvgIpc) is 2.38. The van der Waals surface area contributed by atoms with E-state index in [-0.39, 0.29) is 22.6 Å². The van der Waals surface area contributed by atoms with Crippen molar-refractivity contribution >= 4 is 11.0 Å². The predicted molar refractivity (Wildman–Crippen MR) is 70.2 cm³/mol. The summed E-state index contributed by atoms with van der Waals surface area (Å²) in [5, 5.41) is 10.2. The van der Waals surface area contributed by atoms with Gasteiger partial charge >= 0.3 is 0 Å². The number of pyridine rings is 1. The molecular weight excluding hydrogens is 246 g/mol. The average molecular weight is 255 g/mol. The topological polar surface area (TPSA) is 83.3 Å². The van der Waals surface area contributed by atoms with Crippen LogP contribution in [0.15, 0.2) is 56.5 Å². The fourth-order valence-electron chi connectivity index (χ4n) is 1.90. The zero-order valence-electron chi connectivity index (χ0n) is 9.71. The smallest absolute Gasteiger partial charge is 0.250 e. The molecule has 2 heterocycles. The van der Waals surface area contributed by atoms with Crippen LogP contribution in [0.5, 0.6) is 5.88 Å². The number of H-pyrrole nitrogens is 1. The van der Waals surface area contributed by atoms with Crippen LogP contribution in [0.1, 0.15) is 0 Å². The first-order valence-corrected chi connectivity index (χ1v) is 5.61. The maximum atomic E-state index is 11.9. The molecule has 0 radical (unpaired) electrons. The number of aromatic amines is 1. The van der Waals surface area contributed by atoms with Crippen molar-refractivity contribution in [3.63, 3.8) is 0 Å². The van der Waals surface area contributed by atoms with E-state index in [2.05, 4.69) is 4.98 Å². The van der Waals surface area contributed by atoms with Gasteiger partial charge in [-0.05, 0) is 18.2 Å². The number of fused-ring (bicyclic) bond motifs is 1. The highest BCUT2D eigenvalue weighted by atomic mass is 16.3. The Hall–Kier alpha value is -2.82. The molecule has 2 N–H and O–H groups in total. The van der Waals surface area contributed by atoms with Crippen molar-refractivity contribution < 1.29 is 9.52 Å². The van der Waals surface area contributed by atoms with Crippen molar-refractivity contribution in [2.24, 2.45) is 0 Å². The maximum Gasteiger partial charge on any atom is 0.250 e. The van der Waals surface area contributed by atoms with E-state index >= 15 is 0 Å². The second-order valence-corrected chi connectivity index (χ2v) is 4.06. The molecule has 5 heteroatoms. The second kappa shape index (κ2) is 4.13. The van der Waals surface area contributed by atoms with E-state index in [4.69, 9.17) is 4.42 Å². The summed E-state index contributed by atoms with van der Waals surface area (Å²) in [6, 6.07) is 10.8. The number of aromatic hydroxyl groups is 1. The van der Waals surface area contributed by atoms with Crippen LogP contribution in [0.4, 0.5) is 0 Å². The Morgan fingerprint density at radius 1 is 1.05 bits per heavy atom. The molecule has 5 nitrogen and oxygen atoms in total. The van der Waals surface area contributed by atoms with Gasteiger partial charge in [-0.25, -0.2) is 0 Å². The summed E-state index contributed by atoms with van der Waals surface area (Å²) in [6.45, 7) is 0. The summed E-state index contributed by atoms with van der Waals surface area (Å²) in [7, 11) is 0. The number of nitrogens with one attached hydrogen (secondary N) is 1. The fraction of sp³-hybridized carbons (Fsp3) is 0. The minimum atomic E-state index is -0.426. The highest BCUT2D eigenvalue weighted by molar-refractivity contribution is 5.79. The molecule has 2 aromatic heterocycles. The lowest BCUT2D eigenvalue weighted by atomic mass is 10.1. The molecule has 0 aliphatic carbocycles. The Labute approximate surface area is 106 Å². The van der Waals surface area contributed by atoms with Crippen LogP contribution in [-0.2, 0) is 0 Å². The van der Waals surface area contributed by atoms with Gasteiger partial charge in [0.1, 0.15) is 11.3 Å². The van der Waals surface area contributed by atoms with E-state index in [9.17, 15) is 14.7 Å². The molecule has 19 heavy (non-hydrogen) atoms. The molecule has 3 aromatic rings. The van der Waals surface area contributed by atoms with E-state index in [1.54, 1.807) is 24.3 Å². The van der Waals surface area contributed by atoms with Crippen molar-refractivity contribution in [2.45, 2.75) is 0 Å². The first-order chi connectivity index (χ1) is 9.15. The molecule has 0 aliphatic rings. The van der Waals surface area contributed by atoms with Gasteiger partial charge in [-0.1, -0.05) is 12.1 Å². The van der Waals surface area contributed by atoms with Crippen molar-refractivity contribution in [2.75, 3.05) is 0 Å². The molecule has 0 saturated heterocycles. The van der Waals surface area contributed by atoms with Gasteiger partial charge in [0.15, 0.2) is 5.43 Å². The Kier molecular flexibility index (Phi) is 2.45. The minimum absolute atomic E-state index is 0.206. The lowest BCUT2D eigenvalue weighted by Crippen LogP contribution is -2.04. The fourth-order valence-corrected chi connectivity index (χ4v) is 1.90. The van der Waals surface area contributed by atoms with Crippen LogP contribution in [-0.4, -0.2) is 10.1 Å². The van der Waals surface area contributed by atoms with Crippen molar-refractivity contribution in [1.29, 1.82) is 0 Å². The number of para-hydroxylation sites is 1. The zero-order valence-corrected chi connectivity index (χ0v) is 9.71. The molecular formula is C14H9NO4. The highest BCUT2D eigenvalue weighted by Crippen LogP contribution is 2.26. The third-order valence-corrected chi connectivity index (χ3v) is 2.80. The number of benzene rings is 1. The van der Waals surface area contributed by atoms with Gasteiger partial charge in [0.2, 0.25) is 5.88 Å². The highest BCUT2D eigenvalue weighted by Gasteiger charge is 2.10. The van der Waals surface area contributed by atoms with Gasteiger partial charge in [-0.2, -0.15) is 0 Å². The standard InChI is InChI=1S/C14H9NO4/c16-10-7-12(9-5-6-13(17)15-14(9)18)19-11-4-2-1-3-8(10)11/h1-7H,(H2,15,17,18). The molecule has 0 spiro atoms. The van der Waals surface area contributed by atoms with E-state index in [0.717, 1.165) is 0 Å². The molecule has 94 valence electrons. The molecule has 0 bridgehead atoms. The quantitative estimate of drug-likeness (QED) is 0.695. The first kappa shape index (κ1) is 11.3. The molecule has 0 unspecified atom stereocenters. The molecule has 0 fully saturated rings. The monoisotopic (exact) mass is 255 g/mol. The van der Waals surface area contributed by atoms with Gasteiger partial charge in [0.25, 0.3) is 5.56 Å². The molecule has 1 aromatic carbocycles. The van der Waals surface area contributed by atoms with E-state index in [1.807, 2.05) is 0 Å². The Morgan fingerprint density at radius 2 is 1.84 bits per heavy atom. The number of rotatable bonds is 1. The minimum Gasteiger partial charge on any atom is -0.494 e. The van der Waals surface area contributed by atoms with Crippen LogP contribution >= 0.6 is 0 Å². The molecule has 0 atom stereocenters. The second-order valence-electron chi connectivity index (χ2n) is 4.06. The SMILES string of the molecule is O=c1ccc(-c2cc(=O)c3ccccc3o2)c(O)[nH]1. The lowest BCUT2D eigenvalue weighted by molar-refractivity contribution is 0.451. The van der Waals surface area contributed by atoms with Crippen LogP contribution in [0, 0.1) is 0 Å². The van der Waals surface area contributed by atoms with Gasteiger partial charge in [0.05, 0.1) is 10.9 Å². The van der Waals surface area contributed by atoms with E-state index in [0.29, 0.717) is 11.0 Å². The Bertz CT molecular complexity index is 876. The van der Waals surface area contributed by atoms with Crippen LogP contribution in [0.25, 0.3) is 22.3 Å². The largest absolute Gasteiger partial charge is 0.494 e. The van der Waals surface area contributed by atoms with Crippen molar-refractivity contribution in [1.82, 2.24) is 4.98 Å². The molecule has 0 amide bonds. The molecule has 3 rings (SSSR count). The summed E-state index contributed by atoms with van der Waals surface area (Å²) in [4.78, 5) is 25.2. The molecule has 0 aliphatic heterocycles. The Balaban J connectivity index is 2.31. The predicted octanol–water partition coefficient (Wildman–Crippen LogP) is 1.85. The van der Waals surface area contributed by atoms with E-state index in [1.165, 1.54) is 18.2 Å². The third-order valence-electron chi connectivity index (χ3n) is 2.80. The van der Waals surface area contributed by atoms with Crippen LogP contribution in [0.3, 0.4) is 0 Å². The summed E-state index contributed by atoms with van der Waals surface area (Å²) in [5.41, 5.74) is 0.0601. The number of hydrogen-bond donors (Lipinski definition) is 2. The summed E-state index contributed by atoms with van der Waals surface area (Å²) < 4.78 is 5.57. The van der Waals surface area contributed by atoms with Gasteiger partial charge in [-0.15, -0.1) is 0 Å². The third kappa shape index (κ3) is 1.91. The first-order valence-electron chi connectivity index (χ1n) is 5.61. The van der Waals surface area contributed by atoms with Crippen LogP contribution < -0.4 is 11.0 Å². The van der Waals surface area contributed by atoms with Gasteiger partial charge < -0.3 is 9.52 Å². The molecule has 0 saturated carbocycles. The summed E-state index contributed by atoms with van der Waals surface area (Å²) in [6.07, 6.45) is 0. The van der Waals surface area contributed by atoms with Crippen molar-refractivity contribution in [3.8, 4) is 17.2 Å². The summed E-state index contributed by atoms with van der Waals surface area (Å²) in [5.74, 6) is -0.122. The number of hydrogen-bond acceptors (Lipinski definition) is 4.